The van der Waals surface area contributed by atoms with E-state index in [0.717, 1.165) is 35.1 Å². The van der Waals surface area contributed by atoms with Crippen LogP contribution < -0.4 is 11.1 Å². The van der Waals surface area contributed by atoms with Gasteiger partial charge >= 0.3 is 0 Å². The zero-order chi connectivity index (χ0) is 15.4. The second-order valence-electron chi connectivity index (χ2n) is 6.10. The number of nitrogens with zero attached hydrogens (tertiary/aromatic N) is 2. The van der Waals surface area contributed by atoms with Crippen LogP contribution in [0.25, 0.3) is 0 Å². The van der Waals surface area contributed by atoms with E-state index in [-0.39, 0.29) is 0 Å². The van der Waals surface area contributed by atoms with Crippen LogP contribution in [0.1, 0.15) is 36.2 Å². The van der Waals surface area contributed by atoms with Gasteiger partial charge in [0.05, 0.1) is 5.56 Å². The van der Waals surface area contributed by atoms with Crippen LogP contribution in [0, 0.1) is 19.8 Å². The van der Waals surface area contributed by atoms with Crippen LogP contribution in [-0.4, -0.2) is 41.6 Å². The quantitative estimate of drug-likeness (QED) is 0.819. The molecule has 3 N–H and O–H groups in total. The van der Waals surface area contributed by atoms with E-state index in [9.17, 15) is 0 Å². The minimum absolute atomic E-state index is 0.418. The topological polar surface area (TPSA) is 54.2 Å². The summed E-state index contributed by atoms with van der Waals surface area (Å²) in [6.45, 7) is 7.36. The molecule has 21 heavy (non-hydrogen) atoms. The third kappa shape index (κ3) is 4.38. The third-order valence-electron chi connectivity index (χ3n) is 4.28. The Balaban J connectivity index is 1.95. The van der Waals surface area contributed by atoms with Crippen molar-refractivity contribution in [1.29, 1.82) is 0 Å². The second-order valence-corrected chi connectivity index (χ2v) is 6.54. The van der Waals surface area contributed by atoms with Crippen molar-refractivity contribution in [3.63, 3.8) is 0 Å². The summed E-state index contributed by atoms with van der Waals surface area (Å²) in [4.78, 5) is 7.27. The number of anilines is 1. The molecule has 0 aromatic carbocycles. The lowest BCUT2D eigenvalue weighted by Gasteiger charge is -2.29. The molecule has 0 unspecified atom stereocenters. The largest absolute Gasteiger partial charge is 0.389 e. The van der Waals surface area contributed by atoms with Crippen molar-refractivity contribution in [3.05, 3.63) is 23.0 Å². The number of nitrogens with two attached hydrogens (primary N) is 1. The molecule has 0 bridgehead atoms. The van der Waals surface area contributed by atoms with Crippen molar-refractivity contribution in [3.8, 4) is 0 Å². The number of likely N-dealkylation sites (tertiary alicyclic amines) is 1. The van der Waals surface area contributed by atoms with E-state index >= 15 is 0 Å². The van der Waals surface area contributed by atoms with E-state index in [1.54, 1.807) is 0 Å². The third-order valence-corrected chi connectivity index (χ3v) is 4.49. The number of pyridine rings is 1. The Labute approximate surface area is 133 Å². The molecule has 0 saturated carbocycles. The first kappa shape index (κ1) is 16.2. The number of nitrogens with one attached hydrogen (secondary N) is 1. The minimum atomic E-state index is 0.418. The Bertz CT molecular complexity index is 507. The highest BCUT2D eigenvalue weighted by Crippen LogP contribution is 2.22. The summed E-state index contributed by atoms with van der Waals surface area (Å²) in [7, 11) is 2.20. The number of aryl methyl sites for hydroxylation is 2. The summed E-state index contributed by atoms with van der Waals surface area (Å²) < 4.78 is 0. The standard InChI is InChI=1S/C16H26N4S/c1-11-10-14(15(16(17)21)12(2)19-11)18-7-4-13-5-8-20(3)9-6-13/h10,13H,4-9H2,1-3H3,(H2,17,21)(H,18,19). The van der Waals surface area contributed by atoms with E-state index in [1.165, 1.54) is 32.4 Å². The van der Waals surface area contributed by atoms with Crippen LogP contribution in [0.15, 0.2) is 6.07 Å². The van der Waals surface area contributed by atoms with Crippen LogP contribution in [0.4, 0.5) is 5.69 Å². The molecule has 0 radical (unpaired) electrons. The number of aromatic nitrogens is 1. The van der Waals surface area contributed by atoms with E-state index in [1.807, 2.05) is 19.9 Å². The normalized spacial score (nSPS) is 16.9. The maximum absolute atomic E-state index is 5.84. The second kappa shape index (κ2) is 7.18. The maximum Gasteiger partial charge on any atom is 0.107 e. The fourth-order valence-electron chi connectivity index (χ4n) is 3.04. The van der Waals surface area contributed by atoms with Crippen molar-refractivity contribution < 1.29 is 0 Å². The van der Waals surface area contributed by atoms with Gasteiger partial charge in [-0.05, 0) is 65.2 Å². The van der Waals surface area contributed by atoms with Gasteiger partial charge in [-0.1, -0.05) is 12.2 Å². The van der Waals surface area contributed by atoms with Gasteiger partial charge in [0.15, 0.2) is 0 Å². The van der Waals surface area contributed by atoms with Gasteiger partial charge in [0.2, 0.25) is 0 Å². The first-order valence-electron chi connectivity index (χ1n) is 7.68. The summed E-state index contributed by atoms with van der Waals surface area (Å²) in [5.41, 5.74) is 9.66. The van der Waals surface area contributed by atoms with Gasteiger partial charge in [0.1, 0.15) is 4.99 Å². The van der Waals surface area contributed by atoms with Crippen molar-refractivity contribution in [2.75, 3.05) is 32.0 Å². The van der Waals surface area contributed by atoms with Gasteiger partial charge in [-0.2, -0.15) is 0 Å². The van der Waals surface area contributed by atoms with E-state index in [2.05, 4.69) is 22.2 Å². The number of hydrogen-bond acceptors (Lipinski definition) is 4. The SMILES string of the molecule is Cc1cc(NCCC2CCN(C)CC2)c(C(N)=S)c(C)n1. The number of rotatable bonds is 5. The summed E-state index contributed by atoms with van der Waals surface area (Å²) in [5.74, 6) is 0.825. The molecular formula is C16H26N4S. The van der Waals surface area contributed by atoms with E-state index in [4.69, 9.17) is 18.0 Å². The van der Waals surface area contributed by atoms with Gasteiger partial charge in [0.25, 0.3) is 0 Å². The van der Waals surface area contributed by atoms with Gasteiger partial charge in [0, 0.05) is 23.6 Å². The lowest BCUT2D eigenvalue weighted by Crippen LogP contribution is -2.31. The van der Waals surface area contributed by atoms with Crippen molar-refractivity contribution in [1.82, 2.24) is 9.88 Å². The Kier molecular flexibility index (Phi) is 5.53. The highest BCUT2D eigenvalue weighted by atomic mass is 32.1. The minimum Gasteiger partial charge on any atom is -0.389 e. The zero-order valence-electron chi connectivity index (χ0n) is 13.3. The molecule has 0 spiro atoms. The molecule has 2 rings (SSSR count). The Morgan fingerprint density at radius 3 is 2.71 bits per heavy atom. The molecular weight excluding hydrogens is 280 g/mol. The van der Waals surface area contributed by atoms with Gasteiger partial charge in [-0.25, -0.2) is 0 Å². The predicted molar refractivity (Wildman–Crippen MR) is 92.9 cm³/mol. The lowest BCUT2D eigenvalue weighted by atomic mass is 9.94. The highest BCUT2D eigenvalue weighted by Gasteiger charge is 2.17. The molecule has 1 aromatic heterocycles. The maximum atomic E-state index is 5.84. The van der Waals surface area contributed by atoms with Crippen molar-refractivity contribution >= 4 is 22.9 Å². The van der Waals surface area contributed by atoms with Gasteiger partial charge in [-0.3, -0.25) is 4.98 Å². The fourth-order valence-corrected chi connectivity index (χ4v) is 3.30. The summed E-state index contributed by atoms with van der Waals surface area (Å²) in [6, 6.07) is 2.04. The molecule has 1 saturated heterocycles. The first-order chi connectivity index (χ1) is 9.97. The molecule has 1 fully saturated rings. The van der Waals surface area contributed by atoms with Gasteiger partial charge < -0.3 is 16.0 Å². The molecule has 116 valence electrons. The molecule has 0 aliphatic carbocycles. The predicted octanol–water partition coefficient (Wildman–Crippen LogP) is 2.48. The average molecular weight is 306 g/mol. The smallest absolute Gasteiger partial charge is 0.107 e. The van der Waals surface area contributed by atoms with E-state index < -0.39 is 0 Å². The number of hydrogen-bond donors (Lipinski definition) is 2. The summed E-state index contributed by atoms with van der Waals surface area (Å²) in [6.07, 6.45) is 3.80. The Morgan fingerprint density at radius 2 is 2.10 bits per heavy atom. The molecule has 1 aliphatic heterocycles. The molecule has 1 aliphatic rings. The fraction of sp³-hybridized carbons (Fsp3) is 0.625. The molecule has 0 amide bonds. The molecule has 4 nitrogen and oxygen atoms in total. The molecule has 2 heterocycles. The molecule has 5 heteroatoms. The van der Waals surface area contributed by atoms with Crippen LogP contribution in [0.3, 0.4) is 0 Å². The monoisotopic (exact) mass is 306 g/mol. The average Bonchev–Trinajstić information content (AvgIpc) is 2.39. The Hall–Kier alpha value is -1.20. The van der Waals surface area contributed by atoms with Crippen LogP contribution in [-0.2, 0) is 0 Å². The first-order valence-corrected chi connectivity index (χ1v) is 8.08. The van der Waals surface area contributed by atoms with Crippen LogP contribution in [0.5, 0.6) is 0 Å². The zero-order valence-corrected chi connectivity index (χ0v) is 14.1. The van der Waals surface area contributed by atoms with Gasteiger partial charge in [-0.15, -0.1) is 0 Å². The van der Waals surface area contributed by atoms with Crippen molar-refractivity contribution in [2.24, 2.45) is 11.7 Å². The number of thiocarbonyl (C=S) groups is 1. The summed E-state index contributed by atoms with van der Waals surface area (Å²) in [5, 5.41) is 3.51. The Morgan fingerprint density at radius 1 is 1.43 bits per heavy atom. The van der Waals surface area contributed by atoms with Crippen LogP contribution in [0.2, 0.25) is 0 Å². The molecule has 1 aromatic rings. The molecule has 0 atom stereocenters. The van der Waals surface area contributed by atoms with Crippen LogP contribution >= 0.6 is 12.2 Å². The lowest BCUT2D eigenvalue weighted by molar-refractivity contribution is 0.215. The highest BCUT2D eigenvalue weighted by molar-refractivity contribution is 7.80. The van der Waals surface area contributed by atoms with Crippen molar-refractivity contribution in [2.45, 2.75) is 33.1 Å². The summed E-state index contributed by atoms with van der Waals surface area (Å²) >= 11 is 5.16. The van der Waals surface area contributed by atoms with E-state index in [0.29, 0.717) is 4.99 Å². The number of piperidine rings is 1.